The number of nitrogens with one attached hydrogen (secondary N) is 1. The Balaban J connectivity index is 1.43. The molecule has 0 aliphatic carbocycles. The zero-order valence-electron chi connectivity index (χ0n) is 16.8. The van der Waals surface area contributed by atoms with Gasteiger partial charge in [-0.15, -0.1) is 0 Å². The Morgan fingerprint density at radius 1 is 1.07 bits per heavy atom. The number of carbonyl (C=O) groups is 1. The number of amides is 1. The first kappa shape index (κ1) is 21.5. The number of hydrogen-bond donors (Lipinski definition) is 1. The molecule has 3 rings (SSSR count). The van der Waals surface area contributed by atoms with E-state index in [1.165, 1.54) is 0 Å². The van der Waals surface area contributed by atoms with Crippen LogP contribution in [-0.4, -0.2) is 47.8 Å². The van der Waals surface area contributed by atoms with Gasteiger partial charge in [-0.05, 0) is 43.4 Å². The highest BCUT2D eigenvalue weighted by Crippen LogP contribution is 2.21. The largest absolute Gasteiger partial charge is 0.356 e. The molecule has 1 N–H and O–H groups in total. The average Bonchev–Trinajstić information content (AvgIpc) is 3.09. The molecule has 0 bridgehead atoms. The van der Waals surface area contributed by atoms with Gasteiger partial charge in [0.25, 0.3) is 0 Å². The number of carbonyl (C=O) groups excluding carboxylic acids is 1. The van der Waals surface area contributed by atoms with Crippen molar-refractivity contribution in [2.24, 2.45) is 0 Å². The fourth-order valence-electron chi connectivity index (χ4n) is 3.51. The van der Waals surface area contributed by atoms with Crippen LogP contribution in [0.25, 0.3) is 0 Å². The quantitative estimate of drug-likeness (QED) is 0.635. The number of benzene rings is 1. The smallest absolute Gasteiger partial charge is 0.243 e. The molecule has 29 heavy (non-hydrogen) atoms. The molecule has 1 aliphatic heterocycles. The molecule has 1 fully saturated rings. The lowest BCUT2D eigenvalue weighted by Crippen LogP contribution is -2.31. The summed E-state index contributed by atoms with van der Waals surface area (Å²) in [6.07, 6.45) is 11.3. The van der Waals surface area contributed by atoms with Gasteiger partial charge in [0.05, 0.1) is 11.2 Å². The summed E-state index contributed by atoms with van der Waals surface area (Å²) in [4.78, 5) is 16.3. The molecule has 0 radical (unpaired) electrons. The number of aryl methyl sites for hydroxylation is 2. The van der Waals surface area contributed by atoms with Gasteiger partial charge in [-0.3, -0.25) is 4.79 Å². The van der Waals surface area contributed by atoms with Crippen LogP contribution in [0.5, 0.6) is 0 Å². The highest BCUT2D eigenvalue weighted by molar-refractivity contribution is 7.89. The van der Waals surface area contributed by atoms with Crippen LogP contribution in [-0.2, 0) is 27.8 Å². The Morgan fingerprint density at radius 3 is 2.45 bits per heavy atom. The van der Waals surface area contributed by atoms with E-state index < -0.39 is 10.0 Å². The molecule has 0 spiro atoms. The highest BCUT2D eigenvalue weighted by atomic mass is 32.2. The van der Waals surface area contributed by atoms with E-state index in [4.69, 9.17) is 0 Å². The van der Waals surface area contributed by atoms with Gasteiger partial charge >= 0.3 is 0 Å². The van der Waals surface area contributed by atoms with Crippen LogP contribution in [0.4, 0.5) is 0 Å². The first-order valence-corrected chi connectivity index (χ1v) is 11.8. The highest BCUT2D eigenvalue weighted by Gasteiger charge is 2.24. The monoisotopic (exact) mass is 418 g/mol. The molecule has 1 aliphatic rings. The molecule has 1 saturated heterocycles. The Labute approximate surface area is 173 Å². The maximum Gasteiger partial charge on any atom is 0.243 e. The van der Waals surface area contributed by atoms with E-state index in [1.807, 2.05) is 22.9 Å². The van der Waals surface area contributed by atoms with Crippen LogP contribution in [0.2, 0.25) is 0 Å². The normalized spacial score (nSPS) is 15.7. The molecule has 158 valence electrons. The lowest BCUT2D eigenvalue weighted by molar-refractivity contribution is -0.121. The number of hydrogen-bond acceptors (Lipinski definition) is 4. The van der Waals surface area contributed by atoms with Crippen LogP contribution in [0.15, 0.2) is 47.9 Å². The molecule has 7 nitrogen and oxygen atoms in total. The summed E-state index contributed by atoms with van der Waals surface area (Å²) in [5.74, 6) is 0.0110. The topological polar surface area (TPSA) is 84.3 Å². The lowest BCUT2D eigenvalue weighted by Gasteiger charge is -2.20. The predicted octanol–water partition coefficient (Wildman–Crippen LogP) is 2.59. The minimum Gasteiger partial charge on any atom is -0.356 e. The van der Waals surface area contributed by atoms with Gasteiger partial charge in [-0.2, -0.15) is 4.31 Å². The van der Waals surface area contributed by atoms with E-state index in [0.29, 0.717) is 37.4 Å². The first-order chi connectivity index (χ1) is 14.1. The van der Waals surface area contributed by atoms with Crippen molar-refractivity contribution in [2.75, 3.05) is 19.6 Å². The van der Waals surface area contributed by atoms with E-state index in [2.05, 4.69) is 10.3 Å². The van der Waals surface area contributed by atoms with Gasteiger partial charge in [0, 0.05) is 45.0 Å². The first-order valence-electron chi connectivity index (χ1n) is 10.4. The number of rotatable bonds is 9. The minimum absolute atomic E-state index is 0.0110. The third-order valence-corrected chi connectivity index (χ3v) is 7.15. The van der Waals surface area contributed by atoms with Crippen molar-refractivity contribution in [1.82, 2.24) is 19.2 Å². The van der Waals surface area contributed by atoms with Gasteiger partial charge in [0.1, 0.15) is 0 Å². The van der Waals surface area contributed by atoms with Crippen LogP contribution in [0.3, 0.4) is 0 Å². The predicted molar refractivity (Wildman–Crippen MR) is 112 cm³/mol. The van der Waals surface area contributed by atoms with Crippen molar-refractivity contribution < 1.29 is 13.2 Å². The molecule has 0 saturated carbocycles. The average molecular weight is 419 g/mol. The van der Waals surface area contributed by atoms with Crippen molar-refractivity contribution >= 4 is 15.9 Å². The molecular weight excluding hydrogens is 388 g/mol. The molecule has 8 heteroatoms. The van der Waals surface area contributed by atoms with Gasteiger partial charge in [-0.25, -0.2) is 13.4 Å². The van der Waals surface area contributed by atoms with Gasteiger partial charge < -0.3 is 9.88 Å². The number of nitrogens with zero attached hydrogens (tertiary/aromatic N) is 3. The zero-order chi connectivity index (χ0) is 20.5. The molecule has 2 aromatic rings. The SMILES string of the molecule is O=C(CCc1ccc(S(=O)(=O)N2CCCCCC2)cc1)NCCCn1ccnc1. The summed E-state index contributed by atoms with van der Waals surface area (Å²) in [5.41, 5.74) is 0.966. The summed E-state index contributed by atoms with van der Waals surface area (Å²) in [5, 5.41) is 2.92. The molecule has 1 aromatic heterocycles. The summed E-state index contributed by atoms with van der Waals surface area (Å²) >= 11 is 0. The third-order valence-electron chi connectivity index (χ3n) is 5.24. The standard InChI is InChI=1S/C21H30N4O3S/c26-21(23-12-5-14-24-17-13-22-18-24)11-8-19-6-9-20(10-7-19)29(27,28)25-15-3-1-2-4-16-25/h6-7,9-10,13,17-18H,1-5,8,11-12,14-16H2,(H,23,26). The van der Waals surface area contributed by atoms with Crippen molar-refractivity contribution in [3.05, 3.63) is 48.5 Å². The number of aromatic nitrogens is 2. The second-order valence-electron chi connectivity index (χ2n) is 7.47. The lowest BCUT2D eigenvalue weighted by atomic mass is 10.1. The van der Waals surface area contributed by atoms with Gasteiger partial charge in [-0.1, -0.05) is 25.0 Å². The van der Waals surface area contributed by atoms with Crippen molar-refractivity contribution in [2.45, 2.75) is 56.4 Å². The second-order valence-corrected chi connectivity index (χ2v) is 9.40. The summed E-state index contributed by atoms with van der Waals surface area (Å²) in [6.45, 7) is 2.66. The Kier molecular flexibility index (Phi) is 7.83. The third kappa shape index (κ3) is 6.40. The van der Waals surface area contributed by atoms with E-state index in [0.717, 1.165) is 44.2 Å². The van der Waals surface area contributed by atoms with E-state index in [-0.39, 0.29) is 5.91 Å². The molecule has 2 heterocycles. The fourth-order valence-corrected chi connectivity index (χ4v) is 5.03. The van der Waals surface area contributed by atoms with Gasteiger partial charge in [0.15, 0.2) is 0 Å². The van der Waals surface area contributed by atoms with E-state index in [9.17, 15) is 13.2 Å². The molecule has 0 unspecified atom stereocenters. The van der Waals surface area contributed by atoms with E-state index in [1.54, 1.807) is 29.0 Å². The molecular formula is C21H30N4O3S. The molecule has 1 aromatic carbocycles. The Hall–Kier alpha value is -2.19. The Bertz CT molecular complexity index is 856. The van der Waals surface area contributed by atoms with Crippen LogP contribution < -0.4 is 5.32 Å². The van der Waals surface area contributed by atoms with Crippen LogP contribution >= 0.6 is 0 Å². The van der Waals surface area contributed by atoms with E-state index >= 15 is 0 Å². The summed E-state index contributed by atoms with van der Waals surface area (Å²) < 4.78 is 29.2. The van der Waals surface area contributed by atoms with Crippen molar-refractivity contribution in [1.29, 1.82) is 0 Å². The van der Waals surface area contributed by atoms with Crippen LogP contribution in [0.1, 0.15) is 44.1 Å². The molecule has 0 atom stereocenters. The minimum atomic E-state index is -3.42. The Morgan fingerprint density at radius 2 is 1.79 bits per heavy atom. The van der Waals surface area contributed by atoms with Gasteiger partial charge in [0.2, 0.25) is 15.9 Å². The number of imidazole rings is 1. The maximum absolute atomic E-state index is 12.8. The fraction of sp³-hybridized carbons (Fsp3) is 0.524. The summed E-state index contributed by atoms with van der Waals surface area (Å²) in [7, 11) is -3.42. The summed E-state index contributed by atoms with van der Waals surface area (Å²) in [6, 6.07) is 6.96. The maximum atomic E-state index is 12.8. The molecule has 1 amide bonds. The van der Waals surface area contributed by atoms with Crippen LogP contribution in [0, 0.1) is 0 Å². The second kappa shape index (κ2) is 10.5. The number of sulfonamides is 1. The van der Waals surface area contributed by atoms with Crippen molar-refractivity contribution in [3.63, 3.8) is 0 Å². The zero-order valence-corrected chi connectivity index (χ0v) is 17.6. The van der Waals surface area contributed by atoms with Crippen molar-refractivity contribution in [3.8, 4) is 0 Å².